The molecule has 0 spiro atoms. The fourth-order valence-corrected chi connectivity index (χ4v) is 2.30. The van der Waals surface area contributed by atoms with Gasteiger partial charge in [0.05, 0.1) is 25.4 Å². The Morgan fingerprint density at radius 2 is 0.654 bits per heavy atom. The van der Waals surface area contributed by atoms with Crippen molar-refractivity contribution in [3.05, 3.63) is 0 Å². The molecule has 0 heterocycles. The molecule has 158 valence electrons. The van der Waals surface area contributed by atoms with Crippen LogP contribution in [0.4, 0.5) is 0 Å². The van der Waals surface area contributed by atoms with Gasteiger partial charge in [-0.05, 0) is 0 Å². The van der Waals surface area contributed by atoms with Crippen LogP contribution in [0.2, 0.25) is 0 Å². The summed E-state index contributed by atoms with van der Waals surface area (Å²) in [6, 6.07) is 0. The van der Waals surface area contributed by atoms with E-state index in [1.165, 1.54) is 0 Å². The first-order valence-corrected chi connectivity index (χ1v) is 7.94. The molecule has 0 aliphatic rings. The minimum Gasteiger partial charge on any atom is -0.394 e. The van der Waals surface area contributed by atoms with Crippen molar-refractivity contribution in [1.82, 2.24) is 0 Å². The van der Waals surface area contributed by atoms with E-state index < -0.39 is 80.2 Å². The average molecular weight is 390 g/mol. The van der Waals surface area contributed by atoms with Crippen LogP contribution in [0.3, 0.4) is 0 Å². The molecule has 0 amide bonds. The van der Waals surface area contributed by atoms with E-state index in [0.29, 0.717) is 0 Å². The second-order valence-corrected chi connectivity index (χ2v) is 6.28. The van der Waals surface area contributed by atoms with E-state index in [2.05, 4.69) is 0 Å². The highest BCUT2D eigenvalue weighted by atomic mass is 16.4. The number of aliphatic hydroxyl groups is 12. The summed E-state index contributed by atoms with van der Waals surface area (Å²) in [4.78, 5) is 0. The molecular formula is C14H30O12. The lowest BCUT2D eigenvalue weighted by Crippen LogP contribution is -2.56. The normalized spacial score (nSPS) is 25.3. The van der Waals surface area contributed by atoms with E-state index in [1.807, 2.05) is 0 Å². The van der Waals surface area contributed by atoms with Crippen LogP contribution >= 0.6 is 0 Å². The van der Waals surface area contributed by atoms with Gasteiger partial charge in [-0.2, -0.15) is 0 Å². The van der Waals surface area contributed by atoms with Crippen molar-refractivity contribution in [2.24, 2.45) is 5.92 Å². The number of rotatable bonds is 12. The van der Waals surface area contributed by atoms with Gasteiger partial charge in [0.25, 0.3) is 0 Å². The summed E-state index contributed by atoms with van der Waals surface area (Å²) in [6.45, 7) is -0.769. The summed E-state index contributed by atoms with van der Waals surface area (Å²) in [7, 11) is 0. The van der Waals surface area contributed by atoms with Gasteiger partial charge in [0.2, 0.25) is 0 Å². The van der Waals surface area contributed by atoms with Gasteiger partial charge < -0.3 is 61.3 Å². The van der Waals surface area contributed by atoms with Crippen molar-refractivity contribution in [2.45, 2.75) is 68.0 Å². The first kappa shape index (κ1) is 25.5. The molecule has 0 saturated heterocycles. The molecular weight excluding hydrogens is 360 g/mol. The van der Waals surface area contributed by atoms with E-state index in [1.54, 1.807) is 0 Å². The highest BCUT2D eigenvalue weighted by molar-refractivity contribution is 4.92. The van der Waals surface area contributed by atoms with E-state index in [4.69, 9.17) is 10.2 Å². The topological polar surface area (TPSA) is 243 Å². The van der Waals surface area contributed by atoms with Gasteiger partial charge in [-0.25, -0.2) is 0 Å². The summed E-state index contributed by atoms with van der Waals surface area (Å²) in [6.07, 6.45) is -20.1. The van der Waals surface area contributed by atoms with Crippen LogP contribution in [-0.2, 0) is 0 Å². The third-order valence-electron chi connectivity index (χ3n) is 4.34. The predicted molar refractivity (Wildman–Crippen MR) is 83.4 cm³/mol. The average Bonchev–Trinajstić information content (AvgIpc) is 2.66. The molecule has 12 N–H and O–H groups in total. The first-order chi connectivity index (χ1) is 11.9. The maximum Gasteiger partial charge on any atom is 0.111 e. The highest BCUT2D eigenvalue weighted by Crippen LogP contribution is 2.21. The van der Waals surface area contributed by atoms with Crippen molar-refractivity contribution in [1.29, 1.82) is 0 Å². The fraction of sp³-hybridized carbons (Fsp3) is 1.00. The Hall–Kier alpha value is -0.480. The van der Waals surface area contributed by atoms with Crippen molar-refractivity contribution in [3.8, 4) is 0 Å². The molecule has 0 radical (unpaired) electrons. The Bertz CT molecular complexity index is 351. The van der Waals surface area contributed by atoms with Crippen LogP contribution in [0.5, 0.6) is 0 Å². The molecule has 0 aliphatic heterocycles. The molecule has 12 heteroatoms. The molecule has 0 aliphatic carbocycles. The summed E-state index contributed by atoms with van der Waals surface area (Å²) in [5.74, 6) is -1.43. The van der Waals surface area contributed by atoms with E-state index in [9.17, 15) is 51.1 Å². The van der Waals surface area contributed by atoms with Crippen LogP contribution in [0, 0.1) is 5.92 Å². The quantitative estimate of drug-likeness (QED) is 0.149. The Kier molecular flexibility index (Phi) is 11.2. The summed E-state index contributed by atoms with van der Waals surface area (Å²) in [5.41, 5.74) is 0. The van der Waals surface area contributed by atoms with Gasteiger partial charge >= 0.3 is 0 Å². The smallest absolute Gasteiger partial charge is 0.111 e. The van der Waals surface area contributed by atoms with Crippen molar-refractivity contribution in [3.63, 3.8) is 0 Å². The zero-order valence-electron chi connectivity index (χ0n) is 14.1. The van der Waals surface area contributed by atoms with Crippen LogP contribution in [0.25, 0.3) is 0 Å². The summed E-state index contributed by atoms with van der Waals surface area (Å²) < 4.78 is 0. The van der Waals surface area contributed by atoms with Gasteiger partial charge in [-0.15, -0.1) is 0 Å². The van der Waals surface area contributed by atoms with Gasteiger partial charge in [-0.3, -0.25) is 0 Å². The predicted octanol–water partition coefficient (Wildman–Crippen LogP) is -6.78. The van der Waals surface area contributed by atoms with Crippen LogP contribution in [0.1, 0.15) is 6.92 Å². The van der Waals surface area contributed by atoms with E-state index in [-0.39, 0.29) is 0 Å². The van der Waals surface area contributed by atoms with Gasteiger partial charge in [0.15, 0.2) is 0 Å². The molecule has 0 rings (SSSR count). The lowest BCUT2D eigenvalue weighted by Gasteiger charge is -2.36. The monoisotopic (exact) mass is 390 g/mol. The summed E-state index contributed by atoms with van der Waals surface area (Å²) >= 11 is 0. The molecule has 0 bridgehead atoms. The first-order valence-electron chi connectivity index (χ1n) is 7.94. The van der Waals surface area contributed by atoms with E-state index >= 15 is 0 Å². The second-order valence-electron chi connectivity index (χ2n) is 6.28. The zero-order valence-corrected chi connectivity index (χ0v) is 14.1. The van der Waals surface area contributed by atoms with Crippen LogP contribution in [-0.4, -0.2) is 136 Å². The minimum absolute atomic E-state index is 0.935. The fourth-order valence-electron chi connectivity index (χ4n) is 2.30. The molecule has 12 nitrogen and oxygen atoms in total. The van der Waals surface area contributed by atoms with Crippen LogP contribution < -0.4 is 0 Å². The van der Waals surface area contributed by atoms with Gasteiger partial charge in [0.1, 0.15) is 48.8 Å². The molecule has 0 aromatic carbocycles. The maximum absolute atomic E-state index is 9.99. The Balaban J connectivity index is 5.00. The molecule has 26 heavy (non-hydrogen) atoms. The minimum atomic E-state index is -2.12. The standard InChI is InChI=1S/C14H30O12/c1-4(7(19)11(23)13(25)9(21)5(17)2-15)8(20)12(24)14(26)10(22)6(18)3-16/h4-26H,2-3H2,1H3. The number of aliphatic hydroxyl groups excluding tert-OH is 12. The SMILES string of the molecule is CC(C(O)C(O)C(O)C(O)C(O)CO)C(O)C(O)C(O)C(O)C(O)CO. The molecule has 10 atom stereocenters. The Labute approximate surface area is 149 Å². The van der Waals surface area contributed by atoms with Crippen LogP contribution in [0.15, 0.2) is 0 Å². The lowest BCUT2D eigenvalue weighted by atomic mass is 9.85. The Morgan fingerprint density at radius 3 is 0.885 bits per heavy atom. The molecule has 0 aromatic heterocycles. The van der Waals surface area contributed by atoms with Crippen molar-refractivity contribution in [2.75, 3.05) is 13.2 Å². The third kappa shape index (κ3) is 6.30. The maximum atomic E-state index is 9.99. The van der Waals surface area contributed by atoms with Gasteiger partial charge in [-0.1, -0.05) is 6.92 Å². The zero-order chi connectivity index (χ0) is 20.8. The molecule has 0 fully saturated rings. The van der Waals surface area contributed by atoms with E-state index in [0.717, 1.165) is 6.92 Å². The molecule has 0 saturated carbocycles. The third-order valence-corrected chi connectivity index (χ3v) is 4.34. The number of hydrogen-bond acceptors (Lipinski definition) is 12. The second kappa shape index (κ2) is 11.4. The van der Waals surface area contributed by atoms with Gasteiger partial charge in [0, 0.05) is 5.92 Å². The highest BCUT2D eigenvalue weighted by Gasteiger charge is 2.42. The lowest BCUT2D eigenvalue weighted by molar-refractivity contribution is -0.178. The van der Waals surface area contributed by atoms with Crippen molar-refractivity contribution >= 4 is 0 Å². The number of hydrogen-bond donors (Lipinski definition) is 12. The summed E-state index contributed by atoms with van der Waals surface area (Å²) in [5, 5.41) is 114. The Morgan fingerprint density at radius 1 is 0.423 bits per heavy atom. The van der Waals surface area contributed by atoms with Crippen molar-refractivity contribution < 1.29 is 61.3 Å². The molecule has 10 unspecified atom stereocenters. The largest absolute Gasteiger partial charge is 0.394 e. The molecule has 0 aromatic rings.